The highest BCUT2D eigenvalue weighted by Gasteiger charge is 2.08. The molecular weight excluding hydrogens is 238 g/mol. The summed E-state index contributed by atoms with van der Waals surface area (Å²) in [5.74, 6) is 0.450. The van der Waals surface area contributed by atoms with Gasteiger partial charge in [-0.15, -0.1) is 0 Å². The number of carbonyl (C=O) groups excluding carboxylic acids is 1. The summed E-state index contributed by atoms with van der Waals surface area (Å²) in [7, 11) is 1.57. The molecule has 0 spiro atoms. The minimum atomic E-state index is -0.201. The summed E-state index contributed by atoms with van der Waals surface area (Å²) in [6.45, 7) is 3.87. The SMILES string of the molecule is C=C(NC(=O)c1cccc(OC)c1)c1ccccc1. The molecule has 0 unspecified atom stereocenters. The van der Waals surface area contributed by atoms with Crippen LogP contribution < -0.4 is 10.1 Å². The maximum absolute atomic E-state index is 12.1. The lowest BCUT2D eigenvalue weighted by molar-refractivity contribution is 0.0973. The first-order chi connectivity index (χ1) is 9.20. The molecule has 3 heteroatoms. The third kappa shape index (κ3) is 3.22. The predicted molar refractivity (Wildman–Crippen MR) is 75.9 cm³/mol. The highest BCUT2D eigenvalue weighted by atomic mass is 16.5. The van der Waals surface area contributed by atoms with Gasteiger partial charge in [-0.2, -0.15) is 0 Å². The Morgan fingerprint density at radius 1 is 1.05 bits per heavy atom. The normalized spacial score (nSPS) is 9.74. The number of nitrogens with one attached hydrogen (secondary N) is 1. The second-order valence-corrected chi connectivity index (χ2v) is 4.03. The van der Waals surface area contributed by atoms with Crippen molar-refractivity contribution in [2.24, 2.45) is 0 Å². The van der Waals surface area contributed by atoms with E-state index in [9.17, 15) is 4.79 Å². The zero-order valence-corrected chi connectivity index (χ0v) is 10.7. The number of amides is 1. The van der Waals surface area contributed by atoms with E-state index in [1.54, 1.807) is 31.4 Å². The fourth-order valence-corrected chi connectivity index (χ4v) is 1.69. The van der Waals surface area contributed by atoms with Gasteiger partial charge in [0, 0.05) is 11.3 Å². The van der Waals surface area contributed by atoms with Crippen LogP contribution in [0.15, 0.2) is 61.2 Å². The van der Waals surface area contributed by atoms with Crippen LogP contribution in [0.1, 0.15) is 15.9 Å². The highest BCUT2D eigenvalue weighted by molar-refractivity contribution is 5.99. The van der Waals surface area contributed by atoms with Gasteiger partial charge in [0.05, 0.1) is 7.11 Å². The molecule has 2 aromatic rings. The second-order valence-electron chi connectivity index (χ2n) is 4.03. The van der Waals surface area contributed by atoms with E-state index in [4.69, 9.17) is 4.74 Å². The summed E-state index contributed by atoms with van der Waals surface area (Å²) < 4.78 is 5.09. The van der Waals surface area contributed by atoms with Gasteiger partial charge in [0.1, 0.15) is 5.75 Å². The van der Waals surface area contributed by atoms with Gasteiger partial charge in [-0.25, -0.2) is 0 Å². The lowest BCUT2D eigenvalue weighted by atomic mass is 10.1. The van der Waals surface area contributed by atoms with E-state index in [1.165, 1.54) is 0 Å². The van der Waals surface area contributed by atoms with Crippen molar-refractivity contribution in [3.05, 3.63) is 72.3 Å². The average molecular weight is 253 g/mol. The molecular formula is C16H15NO2. The Morgan fingerprint density at radius 2 is 1.74 bits per heavy atom. The van der Waals surface area contributed by atoms with E-state index in [0.29, 0.717) is 17.0 Å². The van der Waals surface area contributed by atoms with Crippen molar-refractivity contribution in [2.45, 2.75) is 0 Å². The molecule has 3 nitrogen and oxygen atoms in total. The number of benzene rings is 2. The van der Waals surface area contributed by atoms with Crippen LogP contribution in [-0.2, 0) is 0 Å². The van der Waals surface area contributed by atoms with Gasteiger partial charge in [0.25, 0.3) is 5.91 Å². The molecule has 0 saturated heterocycles. The molecule has 1 N–H and O–H groups in total. The predicted octanol–water partition coefficient (Wildman–Crippen LogP) is 3.10. The van der Waals surface area contributed by atoms with Crippen LogP contribution in [0.25, 0.3) is 5.70 Å². The molecule has 2 aromatic carbocycles. The standard InChI is InChI=1S/C16H15NO2/c1-12(13-7-4-3-5-8-13)17-16(18)14-9-6-10-15(11-14)19-2/h3-11H,1H2,2H3,(H,17,18). The molecule has 1 amide bonds. The van der Waals surface area contributed by atoms with Gasteiger partial charge in [-0.05, 0) is 23.8 Å². The van der Waals surface area contributed by atoms with E-state index in [-0.39, 0.29) is 5.91 Å². The van der Waals surface area contributed by atoms with E-state index < -0.39 is 0 Å². The molecule has 0 fully saturated rings. The largest absolute Gasteiger partial charge is 0.497 e. The fourth-order valence-electron chi connectivity index (χ4n) is 1.69. The van der Waals surface area contributed by atoms with Crippen molar-refractivity contribution in [1.82, 2.24) is 5.32 Å². The summed E-state index contributed by atoms with van der Waals surface area (Å²) in [5.41, 5.74) is 2.00. The Labute approximate surface area is 112 Å². The lowest BCUT2D eigenvalue weighted by Gasteiger charge is -2.09. The smallest absolute Gasteiger partial charge is 0.255 e. The molecule has 0 aliphatic rings. The molecule has 0 aliphatic carbocycles. The van der Waals surface area contributed by atoms with Crippen LogP contribution in [0.3, 0.4) is 0 Å². The van der Waals surface area contributed by atoms with Crippen molar-refractivity contribution >= 4 is 11.6 Å². The van der Waals surface area contributed by atoms with Gasteiger partial charge >= 0.3 is 0 Å². The third-order valence-electron chi connectivity index (χ3n) is 2.72. The topological polar surface area (TPSA) is 38.3 Å². The summed E-state index contributed by atoms with van der Waals surface area (Å²) in [6.07, 6.45) is 0. The summed E-state index contributed by atoms with van der Waals surface area (Å²) in [5, 5.41) is 2.77. The van der Waals surface area contributed by atoms with Gasteiger partial charge in [-0.1, -0.05) is 43.0 Å². The molecule has 0 saturated carbocycles. The Balaban J connectivity index is 2.11. The second kappa shape index (κ2) is 5.87. The van der Waals surface area contributed by atoms with E-state index in [2.05, 4.69) is 11.9 Å². The van der Waals surface area contributed by atoms with E-state index in [1.807, 2.05) is 30.3 Å². The average Bonchev–Trinajstić information content (AvgIpc) is 2.48. The molecule has 0 atom stereocenters. The molecule has 96 valence electrons. The molecule has 0 aliphatic heterocycles. The van der Waals surface area contributed by atoms with Crippen LogP contribution in [0.2, 0.25) is 0 Å². The van der Waals surface area contributed by atoms with Crippen LogP contribution in [0, 0.1) is 0 Å². The molecule has 0 radical (unpaired) electrons. The molecule has 19 heavy (non-hydrogen) atoms. The summed E-state index contributed by atoms with van der Waals surface area (Å²) >= 11 is 0. The van der Waals surface area contributed by atoms with E-state index in [0.717, 1.165) is 5.56 Å². The Bertz CT molecular complexity index is 591. The van der Waals surface area contributed by atoms with E-state index >= 15 is 0 Å². The van der Waals surface area contributed by atoms with Crippen molar-refractivity contribution in [2.75, 3.05) is 7.11 Å². The monoisotopic (exact) mass is 253 g/mol. The maximum atomic E-state index is 12.1. The Kier molecular flexibility index (Phi) is 3.98. The Hall–Kier alpha value is -2.55. The zero-order valence-electron chi connectivity index (χ0n) is 10.7. The van der Waals surface area contributed by atoms with Gasteiger partial charge in [-0.3, -0.25) is 4.79 Å². The minimum Gasteiger partial charge on any atom is -0.497 e. The van der Waals surface area contributed by atoms with Gasteiger partial charge in [0.2, 0.25) is 0 Å². The number of carbonyl (C=O) groups is 1. The van der Waals surface area contributed by atoms with Crippen LogP contribution in [0.5, 0.6) is 5.75 Å². The summed E-state index contributed by atoms with van der Waals surface area (Å²) in [6, 6.07) is 16.5. The number of ether oxygens (including phenoxy) is 1. The van der Waals surface area contributed by atoms with Crippen LogP contribution in [0.4, 0.5) is 0 Å². The summed E-state index contributed by atoms with van der Waals surface area (Å²) in [4.78, 5) is 12.1. The van der Waals surface area contributed by atoms with Crippen LogP contribution >= 0.6 is 0 Å². The quantitative estimate of drug-likeness (QED) is 0.909. The minimum absolute atomic E-state index is 0.201. The number of hydrogen-bond donors (Lipinski definition) is 1. The first-order valence-corrected chi connectivity index (χ1v) is 5.90. The molecule has 0 aromatic heterocycles. The number of methoxy groups -OCH3 is 1. The van der Waals surface area contributed by atoms with Crippen molar-refractivity contribution in [1.29, 1.82) is 0 Å². The highest BCUT2D eigenvalue weighted by Crippen LogP contribution is 2.14. The van der Waals surface area contributed by atoms with Crippen molar-refractivity contribution in [3.63, 3.8) is 0 Å². The molecule has 2 rings (SSSR count). The lowest BCUT2D eigenvalue weighted by Crippen LogP contribution is -2.21. The van der Waals surface area contributed by atoms with Crippen molar-refractivity contribution in [3.8, 4) is 5.75 Å². The third-order valence-corrected chi connectivity index (χ3v) is 2.72. The number of hydrogen-bond acceptors (Lipinski definition) is 2. The zero-order chi connectivity index (χ0) is 13.7. The molecule has 0 bridgehead atoms. The van der Waals surface area contributed by atoms with Gasteiger partial charge in [0.15, 0.2) is 0 Å². The molecule has 0 heterocycles. The van der Waals surface area contributed by atoms with Crippen LogP contribution in [-0.4, -0.2) is 13.0 Å². The number of rotatable bonds is 4. The Morgan fingerprint density at radius 3 is 2.42 bits per heavy atom. The van der Waals surface area contributed by atoms with Gasteiger partial charge < -0.3 is 10.1 Å². The fraction of sp³-hybridized carbons (Fsp3) is 0.0625. The van der Waals surface area contributed by atoms with Crippen molar-refractivity contribution < 1.29 is 9.53 Å². The first-order valence-electron chi connectivity index (χ1n) is 5.90. The maximum Gasteiger partial charge on any atom is 0.255 e. The first kappa shape index (κ1) is 12.9.